The van der Waals surface area contributed by atoms with E-state index in [4.69, 9.17) is 5.11 Å². The van der Waals surface area contributed by atoms with Crippen LogP contribution in [0.1, 0.15) is 25.8 Å². The molecule has 1 aromatic carbocycles. The Morgan fingerprint density at radius 1 is 1.43 bits per heavy atom. The molecule has 0 saturated carbocycles. The Labute approximate surface area is 122 Å². The van der Waals surface area contributed by atoms with E-state index in [1.54, 1.807) is 13.0 Å². The number of nitro groups is 1. The lowest BCUT2D eigenvalue weighted by Gasteiger charge is -2.20. The van der Waals surface area contributed by atoms with Crippen LogP contribution in [0.25, 0.3) is 0 Å². The highest BCUT2D eigenvalue weighted by atomic mass is 16.6. The van der Waals surface area contributed by atoms with Gasteiger partial charge in [-0.1, -0.05) is 32.4 Å². The first-order valence-electron chi connectivity index (χ1n) is 6.60. The molecule has 1 amide bonds. The zero-order valence-electron chi connectivity index (χ0n) is 11.9. The van der Waals surface area contributed by atoms with E-state index in [2.05, 4.69) is 5.32 Å². The van der Waals surface area contributed by atoms with E-state index in [9.17, 15) is 19.7 Å². The summed E-state index contributed by atoms with van der Waals surface area (Å²) in [6.07, 6.45) is 0.524. The fourth-order valence-corrected chi connectivity index (χ4v) is 1.87. The maximum Gasteiger partial charge on any atom is 0.326 e. The molecule has 0 radical (unpaired) electrons. The van der Waals surface area contributed by atoms with Crippen LogP contribution in [0.15, 0.2) is 24.3 Å². The number of non-ortho nitro benzene ring substituents is 1. The van der Waals surface area contributed by atoms with Crippen molar-refractivity contribution in [2.24, 2.45) is 5.92 Å². The third-order valence-electron chi connectivity index (χ3n) is 3.28. The third kappa shape index (κ3) is 4.87. The van der Waals surface area contributed by atoms with Gasteiger partial charge in [-0.05, 0) is 11.5 Å². The van der Waals surface area contributed by atoms with Crippen LogP contribution >= 0.6 is 0 Å². The summed E-state index contributed by atoms with van der Waals surface area (Å²) in [5.41, 5.74) is 0.368. The summed E-state index contributed by atoms with van der Waals surface area (Å²) >= 11 is 0. The highest BCUT2D eigenvalue weighted by Crippen LogP contribution is 2.14. The molecule has 2 N–H and O–H groups in total. The molecule has 1 rings (SSSR count). The summed E-state index contributed by atoms with van der Waals surface area (Å²) in [5, 5.41) is 22.2. The number of carboxylic acids is 1. The number of nitro benzene ring substituents is 1. The zero-order valence-corrected chi connectivity index (χ0v) is 11.9. The molecular weight excluding hydrogens is 276 g/mol. The van der Waals surface area contributed by atoms with E-state index in [0.29, 0.717) is 12.0 Å². The predicted octanol–water partition coefficient (Wildman–Crippen LogP) is 1.75. The van der Waals surface area contributed by atoms with Gasteiger partial charge in [0, 0.05) is 12.1 Å². The lowest BCUT2D eigenvalue weighted by molar-refractivity contribution is -0.384. The molecule has 0 aromatic heterocycles. The monoisotopic (exact) mass is 294 g/mol. The number of carbonyl (C=O) groups is 2. The summed E-state index contributed by atoms with van der Waals surface area (Å²) in [6, 6.07) is 4.76. The van der Waals surface area contributed by atoms with E-state index in [0.717, 1.165) is 0 Å². The third-order valence-corrected chi connectivity index (χ3v) is 3.28. The molecule has 0 fully saturated rings. The van der Waals surface area contributed by atoms with Crippen molar-refractivity contribution >= 4 is 17.6 Å². The van der Waals surface area contributed by atoms with Crippen LogP contribution in [0.2, 0.25) is 0 Å². The first-order chi connectivity index (χ1) is 9.85. The second-order valence-corrected chi connectivity index (χ2v) is 4.87. The van der Waals surface area contributed by atoms with Crippen molar-refractivity contribution in [2.45, 2.75) is 32.7 Å². The molecule has 0 aliphatic carbocycles. The molecule has 0 heterocycles. The van der Waals surface area contributed by atoms with Gasteiger partial charge in [0.05, 0.1) is 11.3 Å². The number of aliphatic carboxylic acids is 1. The number of hydrogen-bond acceptors (Lipinski definition) is 4. The van der Waals surface area contributed by atoms with Gasteiger partial charge in [-0.3, -0.25) is 14.9 Å². The predicted molar refractivity (Wildman–Crippen MR) is 75.8 cm³/mol. The Balaban J connectivity index is 2.74. The minimum Gasteiger partial charge on any atom is -0.480 e. The van der Waals surface area contributed by atoms with Crippen molar-refractivity contribution in [3.05, 3.63) is 39.9 Å². The fraction of sp³-hybridized carbons (Fsp3) is 0.429. The first kappa shape index (κ1) is 16.6. The molecule has 0 aliphatic heterocycles. The van der Waals surface area contributed by atoms with Crippen molar-refractivity contribution in [1.29, 1.82) is 0 Å². The number of hydrogen-bond donors (Lipinski definition) is 2. The van der Waals surface area contributed by atoms with Gasteiger partial charge >= 0.3 is 5.97 Å². The smallest absolute Gasteiger partial charge is 0.326 e. The lowest BCUT2D eigenvalue weighted by Crippen LogP contribution is -2.45. The summed E-state index contributed by atoms with van der Waals surface area (Å²) in [4.78, 5) is 33.1. The van der Waals surface area contributed by atoms with E-state index < -0.39 is 22.8 Å². The number of carboxylic acid groups (broad SMARTS) is 1. The van der Waals surface area contributed by atoms with Crippen LogP contribution < -0.4 is 5.32 Å². The summed E-state index contributed by atoms with van der Waals surface area (Å²) in [6.45, 7) is 3.58. The van der Waals surface area contributed by atoms with Crippen LogP contribution in [0.4, 0.5) is 5.69 Å². The van der Waals surface area contributed by atoms with Gasteiger partial charge in [0.15, 0.2) is 0 Å². The second-order valence-electron chi connectivity index (χ2n) is 4.87. The molecule has 0 aliphatic rings. The zero-order chi connectivity index (χ0) is 16.0. The molecule has 0 spiro atoms. The molecule has 2 atom stereocenters. The van der Waals surface area contributed by atoms with E-state index in [1.807, 2.05) is 6.92 Å². The molecule has 7 heteroatoms. The molecule has 0 unspecified atom stereocenters. The summed E-state index contributed by atoms with van der Waals surface area (Å²) < 4.78 is 0. The first-order valence-corrected chi connectivity index (χ1v) is 6.60. The van der Waals surface area contributed by atoms with E-state index in [-0.39, 0.29) is 18.0 Å². The highest BCUT2D eigenvalue weighted by Gasteiger charge is 2.25. The SMILES string of the molecule is CC[C@H](C)[C@@H](NC(=O)Cc1cccc([N+](=O)[O-])c1)C(=O)O. The average molecular weight is 294 g/mol. The van der Waals surface area contributed by atoms with Gasteiger partial charge in [-0.15, -0.1) is 0 Å². The Morgan fingerprint density at radius 3 is 2.62 bits per heavy atom. The Hall–Kier alpha value is -2.44. The van der Waals surface area contributed by atoms with Crippen LogP contribution in [-0.4, -0.2) is 27.9 Å². The Morgan fingerprint density at radius 2 is 2.10 bits per heavy atom. The van der Waals surface area contributed by atoms with E-state index in [1.165, 1.54) is 18.2 Å². The molecule has 0 bridgehead atoms. The molecule has 114 valence electrons. The van der Waals surface area contributed by atoms with Gasteiger partial charge in [0.25, 0.3) is 5.69 Å². The normalized spacial score (nSPS) is 13.2. The lowest BCUT2D eigenvalue weighted by atomic mass is 9.99. The highest BCUT2D eigenvalue weighted by molar-refractivity contribution is 5.85. The minimum atomic E-state index is -1.09. The van der Waals surface area contributed by atoms with Crippen molar-refractivity contribution in [2.75, 3.05) is 0 Å². The number of amides is 1. The van der Waals surface area contributed by atoms with Gasteiger partial charge in [-0.25, -0.2) is 4.79 Å². The topological polar surface area (TPSA) is 110 Å². The van der Waals surface area contributed by atoms with Gasteiger partial charge in [0.2, 0.25) is 5.91 Å². The number of nitrogens with one attached hydrogen (secondary N) is 1. The standard InChI is InChI=1S/C14H18N2O5/c1-3-9(2)13(14(18)19)15-12(17)8-10-5-4-6-11(7-10)16(20)21/h4-7,9,13H,3,8H2,1-2H3,(H,15,17)(H,18,19)/t9-,13+/m0/s1. The summed E-state index contributed by atoms with van der Waals surface area (Å²) in [5.74, 6) is -1.75. The fourth-order valence-electron chi connectivity index (χ4n) is 1.87. The average Bonchev–Trinajstić information content (AvgIpc) is 2.43. The van der Waals surface area contributed by atoms with Crippen LogP contribution in [0, 0.1) is 16.0 Å². The quantitative estimate of drug-likeness (QED) is 0.588. The van der Waals surface area contributed by atoms with Crippen LogP contribution in [0.3, 0.4) is 0 Å². The Kier molecular flexibility index (Phi) is 5.83. The van der Waals surface area contributed by atoms with Crippen molar-refractivity contribution < 1.29 is 19.6 Å². The molecule has 21 heavy (non-hydrogen) atoms. The van der Waals surface area contributed by atoms with Crippen molar-refractivity contribution in [3.63, 3.8) is 0 Å². The van der Waals surface area contributed by atoms with Gasteiger partial charge in [0.1, 0.15) is 6.04 Å². The summed E-state index contributed by atoms with van der Waals surface area (Å²) in [7, 11) is 0. The van der Waals surface area contributed by atoms with Crippen LogP contribution in [0.5, 0.6) is 0 Å². The maximum atomic E-state index is 11.9. The van der Waals surface area contributed by atoms with Gasteiger partial charge in [-0.2, -0.15) is 0 Å². The minimum absolute atomic E-state index is 0.0953. The number of carbonyl (C=O) groups excluding carboxylic acids is 1. The second kappa shape index (κ2) is 7.37. The van der Waals surface area contributed by atoms with Crippen molar-refractivity contribution in [1.82, 2.24) is 5.32 Å². The van der Waals surface area contributed by atoms with Gasteiger partial charge < -0.3 is 10.4 Å². The maximum absolute atomic E-state index is 11.9. The number of nitrogens with zero attached hydrogens (tertiary/aromatic N) is 1. The largest absolute Gasteiger partial charge is 0.480 e. The van der Waals surface area contributed by atoms with Crippen molar-refractivity contribution in [3.8, 4) is 0 Å². The number of benzene rings is 1. The molecule has 1 aromatic rings. The Bertz CT molecular complexity index is 544. The van der Waals surface area contributed by atoms with E-state index >= 15 is 0 Å². The molecular formula is C14H18N2O5. The number of rotatable bonds is 7. The molecule has 0 saturated heterocycles. The molecule has 7 nitrogen and oxygen atoms in total. The van der Waals surface area contributed by atoms with Crippen LogP contribution in [-0.2, 0) is 16.0 Å².